The standard InChI is InChI=1S/C28H25N3S2.C19H21F3N3S.CNS.Ru/c1-4-19-10-12-29-22(14-19)24-15-20(5-2)16-25(31-24)23-17-21(11-13-30-23)26-8-9-28(33-26)27-7-6-18(3)32-27;1-2-3-4-5-6-13-8-10-26-18(13)14-7-9-25-16(11-14)15(23)12-17(24)19(20,21)22;2-1-3;/h6-17H,4-5H2,1-3H3;7-12,23-24H,2-6H2,1H3;;/q;2*-1;+2/b;15-12-,24-17?;;. The van der Waals surface area contributed by atoms with Crippen molar-refractivity contribution in [2.45, 2.75) is 78.8 Å². The molecule has 0 saturated heterocycles. The van der Waals surface area contributed by atoms with E-state index in [2.05, 4.69) is 122 Å². The van der Waals surface area contributed by atoms with Crippen LogP contribution in [-0.2, 0) is 38.7 Å². The molecule has 15 heteroatoms. The first-order valence-electron chi connectivity index (χ1n) is 20.1. The minimum Gasteiger partial charge on any atom is -0.753 e. The van der Waals surface area contributed by atoms with E-state index in [1.165, 1.54) is 72.4 Å². The minimum absolute atomic E-state index is 0. The van der Waals surface area contributed by atoms with Gasteiger partial charge in [-0.2, -0.15) is 18.3 Å². The number of halogens is 3. The van der Waals surface area contributed by atoms with Gasteiger partial charge < -0.3 is 11.1 Å². The number of aryl methyl sites for hydroxylation is 4. The van der Waals surface area contributed by atoms with Crippen molar-refractivity contribution in [3.63, 3.8) is 0 Å². The van der Waals surface area contributed by atoms with E-state index >= 15 is 0 Å². The smallest absolute Gasteiger partial charge is 0.753 e. The summed E-state index contributed by atoms with van der Waals surface area (Å²) in [5.41, 5.74) is 15.3. The van der Waals surface area contributed by atoms with Crippen LogP contribution in [0.1, 0.15) is 73.7 Å². The molecule has 0 atom stereocenters. The van der Waals surface area contributed by atoms with Gasteiger partial charge in [-0.15, -0.1) is 39.7 Å². The van der Waals surface area contributed by atoms with E-state index in [1.54, 1.807) is 23.5 Å². The topological polar surface area (TPSA) is 122 Å². The molecular weight excluding hydrogens is 961 g/mol. The number of hydrogen-bond acceptors (Lipinski definition) is 9. The molecule has 7 aromatic heterocycles. The van der Waals surface area contributed by atoms with Gasteiger partial charge in [0.25, 0.3) is 0 Å². The number of nitrogens with zero attached hydrogens (tertiary/aromatic N) is 5. The molecule has 0 bridgehead atoms. The van der Waals surface area contributed by atoms with Gasteiger partial charge >= 0.3 is 25.7 Å². The average Bonchev–Trinajstić information content (AvgIpc) is 4.07. The van der Waals surface area contributed by atoms with Crippen LogP contribution in [0, 0.1) is 12.3 Å². The first-order chi connectivity index (χ1) is 29.9. The summed E-state index contributed by atoms with van der Waals surface area (Å²) in [5, 5.41) is 17.5. The fraction of sp³-hybridized carbons (Fsp3) is 0.250. The van der Waals surface area contributed by atoms with Crippen LogP contribution in [0.3, 0.4) is 0 Å². The number of thiophene rings is 3. The maximum absolute atomic E-state index is 12.5. The average molecular weight is 1010 g/mol. The van der Waals surface area contributed by atoms with Crippen molar-refractivity contribution in [1.29, 1.82) is 5.41 Å². The second-order valence-electron chi connectivity index (χ2n) is 14.1. The van der Waals surface area contributed by atoms with Crippen molar-refractivity contribution in [3.05, 3.63) is 147 Å². The Morgan fingerprint density at radius 2 is 1.37 bits per heavy atom. The quantitative estimate of drug-likeness (QED) is 0.0503. The predicted octanol–water partition coefficient (Wildman–Crippen LogP) is 15.7. The molecule has 326 valence electrons. The molecule has 0 unspecified atom stereocenters. The first kappa shape index (κ1) is 50.8. The molecule has 7 heterocycles. The van der Waals surface area contributed by atoms with Crippen LogP contribution in [-0.4, -0.2) is 37.0 Å². The van der Waals surface area contributed by atoms with Crippen molar-refractivity contribution < 1.29 is 32.6 Å². The number of aromatic nitrogens is 4. The Labute approximate surface area is 397 Å². The zero-order valence-electron chi connectivity index (χ0n) is 35.2. The number of thiocarbonyl (C=S) groups is 1. The molecule has 0 spiro atoms. The number of alkyl halides is 3. The fourth-order valence-corrected chi connectivity index (χ4v) is 9.26. The molecule has 0 amide bonds. The van der Waals surface area contributed by atoms with Crippen LogP contribution in [0.4, 0.5) is 13.2 Å². The first-order valence-corrected chi connectivity index (χ1v) is 23.0. The normalized spacial score (nSPS) is 11.1. The number of pyridine rings is 4. The Morgan fingerprint density at radius 1 is 0.762 bits per heavy atom. The number of hydrogen-bond donors (Lipinski definition) is 1. The van der Waals surface area contributed by atoms with Crippen molar-refractivity contribution in [2.75, 3.05) is 0 Å². The third-order valence-corrected chi connectivity index (χ3v) is 13.0. The van der Waals surface area contributed by atoms with Gasteiger partial charge in [0.05, 0.1) is 22.8 Å². The van der Waals surface area contributed by atoms with Crippen LogP contribution in [0.25, 0.3) is 70.3 Å². The molecule has 0 aliphatic carbocycles. The minimum atomic E-state index is -4.76. The Morgan fingerprint density at radius 3 is 2.02 bits per heavy atom. The second kappa shape index (κ2) is 24.8. The maximum Gasteiger partial charge on any atom is 2.00 e. The van der Waals surface area contributed by atoms with E-state index in [4.69, 9.17) is 21.5 Å². The predicted molar refractivity (Wildman–Crippen MR) is 258 cm³/mol. The summed E-state index contributed by atoms with van der Waals surface area (Å²) in [6.45, 7) is 8.64. The largest absolute Gasteiger partial charge is 2.00 e. The Bertz CT molecular complexity index is 2640. The summed E-state index contributed by atoms with van der Waals surface area (Å²) in [7, 11) is 0. The molecule has 0 aliphatic heterocycles. The Kier molecular flexibility index (Phi) is 20.0. The van der Waals surface area contributed by atoms with Crippen LogP contribution < -0.4 is 0 Å². The van der Waals surface area contributed by atoms with E-state index in [9.17, 15) is 13.2 Å². The Balaban J connectivity index is 0.000000264. The van der Waals surface area contributed by atoms with Crippen LogP contribution >= 0.6 is 46.2 Å². The number of nitrogens with one attached hydrogen (secondary N) is 2. The number of rotatable bonds is 14. The van der Waals surface area contributed by atoms with Crippen LogP contribution in [0.5, 0.6) is 0 Å². The third-order valence-electron chi connectivity index (χ3n) is 9.62. The molecule has 0 radical (unpaired) electrons. The number of unbranched alkanes of at least 4 members (excludes halogenated alkanes) is 3. The molecule has 63 heavy (non-hydrogen) atoms. The van der Waals surface area contributed by atoms with Gasteiger partial charge in [-0.25, -0.2) is 4.98 Å². The molecule has 7 nitrogen and oxygen atoms in total. The van der Waals surface area contributed by atoms with E-state index in [0.717, 1.165) is 58.9 Å². The zero-order chi connectivity index (χ0) is 44.6. The van der Waals surface area contributed by atoms with Crippen molar-refractivity contribution >= 4 is 62.8 Å². The molecular formula is C48H46F3N7RuS4. The molecule has 0 aromatic carbocycles. The van der Waals surface area contributed by atoms with Crippen molar-refractivity contribution in [1.82, 2.24) is 19.9 Å². The van der Waals surface area contributed by atoms with E-state index < -0.39 is 17.6 Å². The molecule has 7 rings (SSSR count). The SMILES string of the molecule is CCCCCCc1ccsc1-c1ccnc(/C([NH-])=C/C(=N)C(F)(F)F)c1.CCc1ccnc(-c2cc(CC)cc(-c3cc(-c4ccc(-c5ccc(C)s5)s4)ccn3)n2)c1.[N-]=C=S.[Ru+2]. The van der Waals surface area contributed by atoms with Crippen molar-refractivity contribution in [3.8, 4) is 53.4 Å². The van der Waals surface area contributed by atoms with Gasteiger partial charge in [0.2, 0.25) is 0 Å². The number of allylic oxidation sites excluding steroid dienone is 1. The van der Waals surface area contributed by atoms with Gasteiger partial charge in [0, 0.05) is 48.7 Å². The molecule has 0 saturated carbocycles. The van der Waals surface area contributed by atoms with Gasteiger partial charge in [0.1, 0.15) is 5.71 Å². The van der Waals surface area contributed by atoms with Gasteiger partial charge in [0.15, 0.2) is 0 Å². The third kappa shape index (κ3) is 14.6. The van der Waals surface area contributed by atoms with Crippen molar-refractivity contribution in [2.24, 2.45) is 0 Å². The molecule has 0 aliphatic rings. The maximum atomic E-state index is 12.5. The summed E-state index contributed by atoms with van der Waals surface area (Å²) < 4.78 is 37.4. The van der Waals surface area contributed by atoms with Gasteiger partial charge in [-0.3, -0.25) is 20.4 Å². The monoisotopic (exact) mass is 1010 g/mol. The summed E-state index contributed by atoms with van der Waals surface area (Å²) in [6.07, 6.45) is 8.50. The summed E-state index contributed by atoms with van der Waals surface area (Å²) in [5.74, 6) is 0. The van der Waals surface area contributed by atoms with Gasteiger partial charge in [-0.1, -0.05) is 52.3 Å². The second-order valence-corrected chi connectivity index (χ2v) is 17.6. The van der Waals surface area contributed by atoms with E-state index in [-0.39, 0.29) is 25.2 Å². The Hall–Kier alpha value is -4.88. The van der Waals surface area contributed by atoms with Crippen LogP contribution in [0.2, 0.25) is 0 Å². The molecule has 2 N–H and O–H groups in total. The summed E-state index contributed by atoms with van der Waals surface area (Å²) >= 11 is 8.93. The van der Waals surface area contributed by atoms with Crippen LogP contribution in [0.15, 0.2) is 109 Å². The molecule has 0 fully saturated rings. The van der Waals surface area contributed by atoms with Gasteiger partial charge in [-0.05, 0) is 151 Å². The molecule has 7 aromatic rings. The zero-order valence-corrected chi connectivity index (χ0v) is 40.2. The number of isothiocyanates is 1. The van der Waals surface area contributed by atoms with E-state index in [1.807, 2.05) is 40.4 Å². The summed E-state index contributed by atoms with van der Waals surface area (Å²) in [4.78, 5) is 24.5. The fourth-order valence-electron chi connectivity index (χ4n) is 6.35. The summed E-state index contributed by atoms with van der Waals surface area (Å²) in [6, 6.07) is 27.0. The van der Waals surface area contributed by atoms with E-state index in [0.29, 0.717) is 6.08 Å².